The Balaban J connectivity index is 0.00000169. The number of rotatable bonds is 4. The van der Waals surface area contributed by atoms with Gasteiger partial charge in [0.25, 0.3) is 0 Å². The number of nitrogens with zero attached hydrogens (tertiary/aromatic N) is 2. The second kappa shape index (κ2) is 6.75. The molecule has 0 radical (unpaired) electrons. The number of hydrogen-bond acceptors (Lipinski definition) is 2. The topological polar surface area (TPSA) is 49.3 Å². The summed E-state index contributed by atoms with van der Waals surface area (Å²) in [5.74, 6) is 0. The monoisotopic (exact) mass is 262 g/mol. The second-order valence-electron chi connectivity index (χ2n) is 2.88. The van der Waals surface area contributed by atoms with Crippen molar-refractivity contribution in [2.24, 2.45) is 0 Å². The zero-order valence-electron chi connectivity index (χ0n) is 8.05. The van der Waals surface area contributed by atoms with Crippen molar-refractivity contribution in [2.45, 2.75) is 19.6 Å². The highest BCUT2D eigenvalue weighted by molar-refractivity contribution is 5.18. The van der Waals surface area contributed by atoms with Crippen molar-refractivity contribution < 1.29 is 31.8 Å². The largest absolute Gasteiger partial charge is 1.00 e. The maximum atomic E-state index is 9.15. The second-order valence-corrected chi connectivity index (χ2v) is 2.88. The standard InChI is InChI=1S/C9H15N2O2.BrH/c1-2-3-10-4-5-11(8-10)6-9(13)7-12;/h2-5,8-9,12-13H,6-7H2,1H3;1H/q+1;/p-1. The molecular weight excluding hydrogens is 248 g/mol. The van der Waals surface area contributed by atoms with Crippen LogP contribution in [-0.4, -0.2) is 27.5 Å². The Morgan fingerprint density at radius 2 is 2.29 bits per heavy atom. The lowest BCUT2D eigenvalue weighted by atomic mass is 10.4. The first kappa shape index (κ1) is 13.4. The van der Waals surface area contributed by atoms with Gasteiger partial charge in [0.15, 0.2) is 0 Å². The van der Waals surface area contributed by atoms with E-state index in [1.54, 1.807) is 0 Å². The van der Waals surface area contributed by atoms with E-state index in [0.717, 1.165) is 0 Å². The minimum absolute atomic E-state index is 0. The Morgan fingerprint density at radius 1 is 1.57 bits per heavy atom. The predicted octanol–water partition coefficient (Wildman–Crippen LogP) is -3.38. The van der Waals surface area contributed by atoms with Gasteiger partial charge in [0.1, 0.15) is 25.0 Å². The van der Waals surface area contributed by atoms with Gasteiger partial charge in [-0.1, -0.05) is 0 Å². The zero-order chi connectivity index (χ0) is 9.68. The molecule has 0 amide bonds. The van der Waals surface area contributed by atoms with Gasteiger partial charge in [0.2, 0.25) is 6.33 Å². The van der Waals surface area contributed by atoms with Gasteiger partial charge in [-0.25, -0.2) is 9.13 Å². The molecule has 0 fully saturated rings. The molecule has 5 heteroatoms. The zero-order valence-corrected chi connectivity index (χ0v) is 9.63. The highest BCUT2D eigenvalue weighted by atomic mass is 79.9. The molecule has 1 aromatic heterocycles. The van der Waals surface area contributed by atoms with Crippen LogP contribution in [-0.2, 0) is 6.54 Å². The molecule has 0 aliphatic heterocycles. The van der Waals surface area contributed by atoms with Crippen LogP contribution in [0.3, 0.4) is 0 Å². The quantitative estimate of drug-likeness (QED) is 0.557. The fourth-order valence-corrected chi connectivity index (χ4v) is 1.08. The van der Waals surface area contributed by atoms with Crippen LogP contribution in [0.1, 0.15) is 6.92 Å². The summed E-state index contributed by atoms with van der Waals surface area (Å²) in [6.45, 7) is 2.15. The van der Waals surface area contributed by atoms with Crippen molar-refractivity contribution in [2.75, 3.05) is 6.61 Å². The summed E-state index contributed by atoms with van der Waals surface area (Å²) in [5.41, 5.74) is 0. The van der Waals surface area contributed by atoms with Gasteiger partial charge in [-0.3, -0.25) is 0 Å². The summed E-state index contributed by atoms with van der Waals surface area (Å²) in [5, 5.41) is 17.8. The van der Waals surface area contributed by atoms with Crippen molar-refractivity contribution in [3.63, 3.8) is 0 Å². The number of hydrogen-bond donors (Lipinski definition) is 2. The van der Waals surface area contributed by atoms with Crippen molar-refractivity contribution in [1.82, 2.24) is 4.57 Å². The van der Waals surface area contributed by atoms with Crippen molar-refractivity contribution in [3.8, 4) is 0 Å². The predicted molar refractivity (Wildman–Crippen MR) is 48.7 cm³/mol. The Labute approximate surface area is 93.9 Å². The molecule has 1 aromatic rings. The van der Waals surface area contributed by atoms with Crippen LogP contribution in [0.15, 0.2) is 24.8 Å². The first-order chi connectivity index (χ1) is 6.26. The highest BCUT2D eigenvalue weighted by Gasteiger charge is 2.07. The molecule has 0 saturated heterocycles. The maximum absolute atomic E-state index is 9.15. The van der Waals surface area contributed by atoms with Gasteiger partial charge in [-0.2, -0.15) is 0 Å². The number of aliphatic hydroxyl groups excluding tert-OH is 2. The molecule has 1 unspecified atom stereocenters. The van der Waals surface area contributed by atoms with Crippen LogP contribution in [0, 0.1) is 0 Å². The molecule has 0 saturated carbocycles. The Morgan fingerprint density at radius 3 is 2.86 bits per heavy atom. The van der Waals surface area contributed by atoms with Crippen LogP contribution in [0.4, 0.5) is 0 Å². The molecule has 4 nitrogen and oxygen atoms in total. The number of halogens is 1. The normalized spacial score (nSPS) is 12.8. The summed E-state index contributed by atoms with van der Waals surface area (Å²) in [6.07, 6.45) is 8.71. The third-order valence-electron chi connectivity index (χ3n) is 1.67. The fraction of sp³-hybridized carbons (Fsp3) is 0.444. The molecule has 80 valence electrons. The van der Waals surface area contributed by atoms with E-state index in [0.29, 0.717) is 6.54 Å². The average Bonchev–Trinajstić information content (AvgIpc) is 2.53. The van der Waals surface area contributed by atoms with Gasteiger partial charge in [-0.05, 0) is 13.0 Å². The van der Waals surface area contributed by atoms with E-state index in [9.17, 15) is 0 Å². The number of allylic oxidation sites excluding steroid dienone is 1. The lowest BCUT2D eigenvalue weighted by molar-refractivity contribution is -0.703. The molecule has 0 aliphatic carbocycles. The third-order valence-corrected chi connectivity index (χ3v) is 1.67. The Kier molecular flexibility index (Phi) is 6.44. The van der Waals surface area contributed by atoms with Crippen molar-refractivity contribution in [3.05, 3.63) is 24.8 Å². The summed E-state index contributed by atoms with van der Waals surface area (Å²) < 4.78 is 3.70. The van der Waals surface area contributed by atoms with E-state index in [2.05, 4.69) is 0 Å². The minimum Gasteiger partial charge on any atom is -1.00 e. The maximum Gasteiger partial charge on any atom is 0.248 e. The SMILES string of the molecule is CC=Cn1cc[n+](CC(O)CO)c1.[Br-]. The van der Waals surface area contributed by atoms with Crippen LogP contribution in [0.25, 0.3) is 6.20 Å². The molecular formula is C9H15BrN2O2. The molecule has 1 heterocycles. The summed E-state index contributed by atoms with van der Waals surface area (Å²) in [4.78, 5) is 0. The summed E-state index contributed by atoms with van der Waals surface area (Å²) in [7, 11) is 0. The Hall–Kier alpha value is -0.650. The molecule has 1 rings (SSSR count). The van der Waals surface area contributed by atoms with E-state index in [4.69, 9.17) is 10.2 Å². The van der Waals surface area contributed by atoms with Gasteiger partial charge in [0, 0.05) is 0 Å². The molecule has 14 heavy (non-hydrogen) atoms. The first-order valence-electron chi connectivity index (χ1n) is 4.24. The van der Waals surface area contributed by atoms with Gasteiger partial charge in [0.05, 0.1) is 12.8 Å². The van der Waals surface area contributed by atoms with E-state index in [1.807, 2.05) is 47.1 Å². The fourth-order valence-electron chi connectivity index (χ4n) is 1.08. The molecule has 2 N–H and O–H groups in total. The smallest absolute Gasteiger partial charge is 0.248 e. The third kappa shape index (κ3) is 4.04. The minimum atomic E-state index is -0.688. The number of aliphatic hydroxyl groups is 2. The first-order valence-corrected chi connectivity index (χ1v) is 4.24. The van der Waals surface area contributed by atoms with Crippen LogP contribution >= 0.6 is 0 Å². The van der Waals surface area contributed by atoms with E-state index in [1.165, 1.54) is 0 Å². The van der Waals surface area contributed by atoms with Crippen LogP contribution < -0.4 is 21.5 Å². The van der Waals surface area contributed by atoms with Crippen LogP contribution in [0.5, 0.6) is 0 Å². The van der Waals surface area contributed by atoms with Gasteiger partial charge in [-0.15, -0.1) is 0 Å². The van der Waals surface area contributed by atoms with Crippen molar-refractivity contribution >= 4 is 6.20 Å². The molecule has 0 aliphatic rings. The lowest BCUT2D eigenvalue weighted by Gasteiger charge is -2.01. The average molecular weight is 263 g/mol. The van der Waals surface area contributed by atoms with Gasteiger partial charge >= 0.3 is 0 Å². The summed E-state index contributed by atoms with van der Waals surface area (Å²) >= 11 is 0. The molecule has 0 aromatic carbocycles. The number of imidazole rings is 1. The molecule has 0 bridgehead atoms. The van der Waals surface area contributed by atoms with E-state index >= 15 is 0 Å². The van der Waals surface area contributed by atoms with E-state index in [-0.39, 0.29) is 23.6 Å². The lowest BCUT2D eigenvalue weighted by Crippen LogP contribution is -3.00. The van der Waals surface area contributed by atoms with Gasteiger partial charge < -0.3 is 27.2 Å². The number of aromatic nitrogens is 2. The molecule has 1 atom stereocenters. The van der Waals surface area contributed by atoms with E-state index < -0.39 is 6.10 Å². The van der Waals surface area contributed by atoms with Crippen LogP contribution in [0.2, 0.25) is 0 Å². The Bertz CT molecular complexity index is 286. The van der Waals surface area contributed by atoms with Crippen molar-refractivity contribution in [1.29, 1.82) is 0 Å². The molecule has 0 spiro atoms. The summed E-state index contributed by atoms with van der Waals surface area (Å²) in [6, 6.07) is 0. The highest BCUT2D eigenvalue weighted by Crippen LogP contribution is 1.87.